The van der Waals surface area contributed by atoms with E-state index in [1.807, 2.05) is 0 Å². The molecule has 0 bridgehead atoms. The lowest BCUT2D eigenvalue weighted by Crippen LogP contribution is -2.20. The van der Waals surface area contributed by atoms with Gasteiger partial charge >= 0.3 is 0 Å². The van der Waals surface area contributed by atoms with Gasteiger partial charge in [0.05, 0.1) is 5.69 Å². The Labute approximate surface area is 95.3 Å². The van der Waals surface area contributed by atoms with Crippen molar-refractivity contribution in [3.8, 4) is 0 Å². The maximum absolute atomic E-state index is 11.4. The third kappa shape index (κ3) is 0.996. The predicted molar refractivity (Wildman–Crippen MR) is 64.2 cm³/mol. The highest BCUT2D eigenvalue weighted by Gasteiger charge is 2.75. The molecule has 0 atom stereocenters. The second-order valence-corrected chi connectivity index (χ2v) is 5.89. The van der Waals surface area contributed by atoms with Gasteiger partial charge < -0.3 is 5.73 Å². The number of hydrogen-bond donors (Lipinski definition) is 2. The second-order valence-electron chi connectivity index (χ2n) is 5.89. The lowest BCUT2D eigenvalue weighted by molar-refractivity contribution is 0.457. The van der Waals surface area contributed by atoms with Crippen molar-refractivity contribution in [2.75, 3.05) is 5.73 Å². The van der Waals surface area contributed by atoms with E-state index in [2.05, 4.69) is 44.6 Å². The van der Waals surface area contributed by atoms with Crippen molar-refractivity contribution in [1.29, 1.82) is 0 Å². The monoisotopic (exact) mass is 221 g/mol. The van der Waals surface area contributed by atoms with Crippen LogP contribution in [0.5, 0.6) is 0 Å². The Hall–Kier alpha value is -1.32. The Kier molecular flexibility index (Phi) is 1.87. The smallest absolute Gasteiger partial charge is 0.252 e. The molecule has 0 aliphatic heterocycles. The summed E-state index contributed by atoms with van der Waals surface area (Å²) in [6.07, 6.45) is 0. The van der Waals surface area contributed by atoms with Gasteiger partial charge in [-0.25, -0.2) is 4.98 Å². The number of aromatic nitrogens is 2. The number of H-pyrrole nitrogens is 1. The normalized spacial score (nSPS) is 24.1. The number of nitrogens with one attached hydrogen (secondary N) is 1. The van der Waals surface area contributed by atoms with Gasteiger partial charge in [0.25, 0.3) is 5.56 Å². The van der Waals surface area contributed by atoms with Crippen molar-refractivity contribution in [3.05, 3.63) is 22.1 Å². The number of anilines is 1. The molecule has 1 aromatic rings. The topological polar surface area (TPSA) is 71.8 Å². The highest BCUT2D eigenvalue weighted by Crippen LogP contribution is 2.77. The summed E-state index contributed by atoms with van der Waals surface area (Å²) in [4.78, 5) is 18.2. The first kappa shape index (κ1) is 11.2. The van der Waals surface area contributed by atoms with Crippen molar-refractivity contribution < 1.29 is 0 Å². The van der Waals surface area contributed by atoms with Crippen molar-refractivity contribution >= 4 is 5.95 Å². The molecule has 2 rings (SSSR count). The van der Waals surface area contributed by atoms with Crippen LogP contribution in [0.3, 0.4) is 0 Å². The zero-order valence-corrected chi connectivity index (χ0v) is 10.5. The molecule has 0 unspecified atom stereocenters. The van der Waals surface area contributed by atoms with E-state index in [1.54, 1.807) is 6.07 Å². The van der Waals surface area contributed by atoms with Crippen LogP contribution in [0.2, 0.25) is 0 Å². The number of aromatic amines is 1. The zero-order valence-electron chi connectivity index (χ0n) is 10.5. The van der Waals surface area contributed by atoms with E-state index in [0.29, 0.717) is 0 Å². The molecule has 3 N–H and O–H groups in total. The minimum Gasteiger partial charge on any atom is -0.369 e. The van der Waals surface area contributed by atoms with Gasteiger partial charge in [0.2, 0.25) is 5.95 Å². The van der Waals surface area contributed by atoms with E-state index in [0.717, 1.165) is 5.69 Å². The zero-order chi connectivity index (χ0) is 12.4. The highest BCUT2D eigenvalue weighted by molar-refractivity contribution is 5.40. The first-order valence-corrected chi connectivity index (χ1v) is 5.52. The SMILES string of the molecule is CC1(C)C(C)(C)C1(C)c1cc(=O)[nH]c(N)n1. The molecule has 0 aromatic carbocycles. The van der Waals surface area contributed by atoms with E-state index in [1.165, 1.54) is 0 Å². The summed E-state index contributed by atoms with van der Waals surface area (Å²) in [5.41, 5.74) is 6.35. The fourth-order valence-corrected chi connectivity index (χ4v) is 2.97. The Morgan fingerprint density at radius 3 is 2.06 bits per heavy atom. The predicted octanol–water partition coefficient (Wildman–Crippen LogP) is 1.68. The third-order valence-electron chi connectivity index (χ3n) is 5.27. The maximum Gasteiger partial charge on any atom is 0.252 e. The number of rotatable bonds is 1. The molecular formula is C12H19N3O. The summed E-state index contributed by atoms with van der Waals surface area (Å²) in [6.45, 7) is 10.9. The van der Waals surface area contributed by atoms with Gasteiger partial charge in [-0.15, -0.1) is 0 Å². The van der Waals surface area contributed by atoms with Gasteiger partial charge in [-0.2, -0.15) is 0 Å². The molecule has 1 aromatic heterocycles. The first-order valence-electron chi connectivity index (χ1n) is 5.52. The van der Waals surface area contributed by atoms with E-state index < -0.39 is 0 Å². The number of hydrogen-bond acceptors (Lipinski definition) is 3. The van der Waals surface area contributed by atoms with Crippen molar-refractivity contribution in [3.63, 3.8) is 0 Å². The summed E-state index contributed by atoms with van der Waals surface area (Å²) >= 11 is 0. The summed E-state index contributed by atoms with van der Waals surface area (Å²) in [5, 5.41) is 0. The van der Waals surface area contributed by atoms with E-state index in [-0.39, 0.29) is 27.8 Å². The standard InChI is InChI=1S/C12H19N3O/c1-10(2)11(3,4)12(10,5)7-6-8(16)15-9(13)14-7/h6H,1-5H3,(H3,13,14,15,16). The molecule has 1 heterocycles. The molecular weight excluding hydrogens is 202 g/mol. The van der Waals surface area contributed by atoms with Crippen LogP contribution >= 0.6 is 0 Å². The van der Waals surface area contributed by atoms with Crippen LogP contribution in [0.25, 0.3) is 0 Å². The molecule has 16 heavy (non-hydrogen) atoms. The summed E-state index contributed by atoms with van der Waals surface area (Å²) in [7, 11) is 0. The molecule has 88 valence electrons. The van der Waals surface area contributed by atoms with E-state index in [9.17, 15) is 4.79 Å². The molecule has 0 amide bonds. The molecule has 0 saturated heterocycles. The Morgan fingerprint density at radius 2 is 1.69 bits per heavy atom. The third-order valence-corrected chi connectivity index (χ3v) is 5.27. The fraction of sp³-hybridized carbons (Fsp3) is 0.667. The number of nitrogens with two attached hydrogens (primary N) is 1. The Bertz CT molecular complexity index is 485. The fourth-order valence-electron chi connectivity index (χ4n) is 2.97. The van der Waals surface area contributed by atoms with Crippen LogP contribution in [0.15, 0.2) is 10.9 Å². The van der Waals surface area contributed by atoms with Crippen LogP contribution in [0.4, 0.5) is 5.95 Å². The summed E-state index contributed by atoms with van der Waals surface area (Å²) in [5.74, 6) is 0.197. The summed E-state index contributed by atoms with van der Waals surface area (Å²) < 4.78 is 0. The minimum absolute atomic E-state index is 0.0949. The lowest BCUT2D eigenvalue weighted by atomic mass is 9.93. The van der Waals surface area contributed by atoms with Gasteiger partial charge in [0.1, 0.15) is 0 Å². The molecule has 4 heteroatoms. The van der Waals surface area contributed by atoms with Gasteiger partial charge in [-0.3, -0.25) is 9.78 Å². The van der Waals surface area contributed by atoms with Crippen LogP contribution in [-0.4, -0.2) is 9.97 Å². The van der Waals surface area contributed by atoms with Crippen molar-refractivity contribution in [2.24, 2.45) is 10.8 Å². The van der Waals surface area contributed by atoms with Gasteiger partial charge in [0.15, 0.2) is 0 Å². The van der Waals surface area contributed by atoms with Crippen molar-refractivity contribution in [2.45, 2.75) is 40.0 Å². The lowest BCUT2D eigenvalue weighted by Gasteiger charge is -2.14. The maximum atomic E-state index is 11.4. The van der Waals surface area contributed by atoms with E-state index in [4.69, 9.17) is 5.73 Å². The summed E-state index contributed by atoms with van der Waals surface area (Å²) in [6, 6.07) is 1.56. The Balaban J connectivity index is 2.60. The molecule has 1 aliphatic rings. The average molecular weight is 221 g/mol. The second kappa shape index (κ2) is 2.67. The first-order chi connectivity index (χ1) is 7.14. The molecule has 1 saturated carbocycles. The minimum atomic E-state index is -0.178. The van der Waals surface area contributed by atoms with Crippen LogP contribution in [0, 0.1) is 10.8 Å². The van der Waals surface area contributed by atoms with Crippen LogP contribution in [0.1, 0.15) is 40.3 Å². The molecule has 0 radical (unpaired) electrons. The number of nitrogen functional groups attached to an aromatic ring is 1. The Morgan fingerprint density at radius 1 is 1.19 bits per heavy atom. The molecule has 1 aliphatic carbocycles. The van der Waals surface area contributed by atoms with Gasteiger partial charge in [-0.05, 0) is 10.8 Å². The van der Waals surface area contributed by atoms with Crippen LogP contribution in [-0.2, 0) is 5.41 Å². The van der Waals surface area contributed by atoms with Gasteiger partial charge in [-0.1, -0.05) is 34.6 Å². The van der Waals surface area contributed by atoms with Gasteiger partial charge in [0, 0.05) is 11.5 Å². The van der Waals surface area contributed by atoms with Crippen molar-refractivity contribution in [1.82, 2.24) is 9.97 Å². The molecule has 0 spiro atoms. The molecule has 4 nitrogen and oxygen atoms in total. The van der Waals surface area contributed by atoms with Crippen LogP contribution < -0.4 is 11.3 Å². The number of nitrogens with zero attached hydrogens (tertiary/aromatic N) is 1. The highest BCUT2D eigenvalue weighted by atomic mass is 16.1. The average Bonchev–Trinajstić information content (AvgIpc) is 2.43. The van der Waals surface area contributed by atoms with E-state index >= 15 is 0 Å². The largest absolute Gasteiger partial charge is 0.369 e. The molecule has 1 fully saturated rings. The quantitative estimate of drug-likeness (QED) is 0.757.